The maximum atomic E-state index is 13.3. The first-order chi connectivity index (χ1) is 22.0. The Kier molecular flexibility index (Phi) is 13.2. The van der Waals surface area contributed by atoms with E-state index in [9.17, 15) is 14.4 Å². The van der Waals surface area contributed by atoms with Crippen LogP contribution in [0.2, 0.25) is 20.1 Å². The number of carbonyl (C=O) groups is 3. The second-order valence-corrected chi connectivity index (χ2v) is 13.3. The molecule has 3 amide bonds. The van der Waals surface area contributed by atoms with Crippen LogP contribution in [-0.2, 0) is 9.63 Å². The van der Waals surface area contributed by atoms with E-state index >= 15 is 0 Å². The van der Waals surface area contributed by atoms with Gasteiger partial charge in [0.1, 0.15) is 7.11 Å². The Morgan fingerprint density at radius 2 is 1.70 bits per heavy atom. The van der Waals surface area contributed by atoms with Gasteiger partial charge in [-0.15, -0.1) is 0 Å². The summed E-state index contributed by atoms with van der Waals surface area (Å²) in [6, 6.07) is 10.3. The molecule has 0 aromatic heterocycles. The molecule has 0 saturated carbocycles. The van der Waals surface area contributed by atoms with E-state index in [0.717, 1.165) is 44.5 Å². The van der Waals surface area contributed by atoms with Gasteiger partial charge in [-0.3, -0.25) is 9.59 Å². The number of piperidine rings is 1. The predicted molar refractivity (Wildman–Crippen MR) is 182 cm³/mol. The quantitative estimate of drug-likeness (QED) is 0.185. The lowest BCUT2D eigenvalue weighted by Crippen LogP contribution is -2.56. The molecule has 2 aliphatic rings. The van der Waals surface area contributed by atoms with Crippen LogP contribution in [0.3, 0.4) is 0 Å². The molecule has 2 fully saturated rings. The summed E-state index contributed by atoms with van der Waals surface area (Å²) in [6.45, 7) is 4.05. The smallest absolute Gasteiger partial charge is 0.320 e. The van der Waals surface area contributed by atoms with E-state index in [4.69, 9.17) is 56.3 Å². The van der Waals surface area contributed by atoms with Gasteiger partial charge in [-0.1, -0.05) is 57.6 Å². The third-order valence-electron chi connectivity index (χ3n) is 8.48. The number of aliphatic carboxylic acids is 1. The molecule has 250 valence electrons. The largest absolute Gasteiger partial charge is 0.481 e. The number of carboxylic acids is 1. The van der Waals surface area contributed by atoms with Crippen molar-refractivity contribution in [1.29, 1.82) is 0 Å². The molecule has 10 nitrogen and oxygen atoms in total. The van der Waals surface area contributed by atoms with Crippen LogP contribution < -0.4 is 0 Å². The SMILES string of the molecule is CO/N=C(\CN(C)C(=O)c1cc(Cl)cc(Cl)c1)[C@H](CCN1CCC(N2CCCN(CCC(=O)O)C2=O)CC1)c1ccc(Cl)c(Cl)c1. The first kappa shape index (κ1) is 36.1. The van der Waals surface area contributed by atoms with E-state index in [1.807, 2.05) is 17.0 Å². The zero-order chi connectivity index (χ0) is 33.4. The molecule has 0 bridgehead atoms. The molecule has 0 aliphatic carbocycles. The highest BCUT2D eigenvalue weighted by Gasteiger charge is 2.34. The Bertz CT molecular complexity index is 1420. The standard InChI is InChI=1S/C32H39Cl4N5O5/c1-38(31(44)22-16-23(33)19-24(34)17-22)20-29(37-46-2)26(21-4-5-27(35)28(36)18-21)8-14-39-12-6-25(7-13-39)41-11-3-10-40(32(41)45)15-9-30(42)43/h4-5,16-19,25-26H,3,6-15,20H2,1-2H3,(H,42,43)/b37-29+/t26-/m1/s1. The van der Waals surface area contributed by atoms with Gasteiger partial charge in [-0.25, -0.2) is 4.79 Å². The molecular weight excluding hydrogens is 676 g/mol. The first-order valence-corrected chi connectivity index (χ1v) is 16.7. The first-order valence-electron chi connectivity index (χ1n) is 15.2. The van der Waals surface area contributed by atoms with Crippen LogP contribution >= 0.6 is 46.4 Å². The Morgan fingerprint density at radius 1 is 1.00 bits per heavy atom. The lowest BCUT2D eigenvalue weighted by molar-refractivity contribution is -0.137. The summed E-state index contributed by atoms with van der Waals surface area (Å²) in [6.07, 6.45) is 3.11. The van der Waals surface area contributed by atoms with Crippen molar-refractivity contribution in [3.63, 3.8) is 0 Å². The summed E-state index contributed by atoms with van der Waals surface area (Å²) in [4.78, 5) is 50.2. The summed E-state index contributed by atoms with van der Waals surface area (Å²) in [7, 11) is 3.16. The topological polar surface area (TPSA) is 106 Å². The van der Waals surface area contributed by atoms with E-state index in [0.29, 0.717) is 50.9 Å². The minimum absolute atomic E-state index is 0.0503. The molecule has 2 aromatic rings. The van der Waals surface area contributed by atoms with Gasteiger partial charge >= 0.3 is 12.0 Å². The van der Waals surface area contributed by atoms with Crippen LogP contribution in [-0.4, -0.2) is 114 Å². The molecule has 46 heavy (non-hydrogen) atoms. The van der Waals surface area contributed by atoms with Gasteiger partial charge in [0.25, 0.3) is 5.91 Å². The lowest BCUT2D eigenvalue weighted by atomic mass is 9.89. The third kappa shape index (κ3) is 9.64. The number of rotatable bonds is 13. The molecule has 1 atom stereocenters. The van der Waals surface area contributed by atoms with E-state index in [2.05, 4.69) is 10.1 Å². The van der Waals surface area contributed by atoms with Crippen LogP contribution in [0.15, 0.2) is 41.6 Å². The number of carboxylic acid groups (broad SMARTS) is 1. The Labute approximate surface area is 289 Å². The van der Waals surface area contributed by atoms with Crippen molar-refractivity contribution in [2.75, 3.05) is 60.0 Å². The fourth-order valence-electron chi connectivity index (χ4n) is 6.14. The second-order valence-electron chi connectivity index (χ2n) is 11.6. The van der Waals surface area contributed by atoms with Crippen LogP contribution in [0, 0.1) is 0 Å². The number of benzene rings is 2. The molecule has 2 aliphatic heterocycles. The number of hydrogen-bond donors (Lipinski definition) is 1. The summed E-state index contributed by atoms with van der Waals surface area (Å²) in [5.74, 6) is -1.41. The van der Waals surface area contributed by atoms with Gasteiger partial charge in [0.15, 0.2) is 0 Å². The highest BCUT2D eigenvalue weighted by Crippen LogP contribution is 2.31. The monoisotopic (exact) mass is 713 g/mol. The van der Waals surface area contributed by atoms with E-state index < -0.39 is 5.97 Å². The van der Waals surface area contributed by atoms with Crippen LogP contribution in [0.4, 0.5) is 4.79 Å². The minimum Gasteiger partial charge on any atom is -0.481 e. The van der Waals surface area contributed by atoms with Gasteiger partial charge in [0.2, 0.25) is 0 Å². The van der Waals surface area contributed by atoms with Crippen LogP contribution in [0.1, 0.15) is 53.9 Å². The van der Waals surface area contributed by atoms with E-state index in [1.54, 1.807) is 41.1 Å². The Balaban J connectivity index is 1.44. The zero-order valence-electron chi connectivity index (χ0n) is 25.9. The highest BCUT2D eigenvalue weighted by molar-refractivity contribution is 6.42. The number of amides is 3. The normalized spacial score (nSPS) is 17.3. The van der Waals surface area contributed by atoms with Crippen molar-refractivity contribution in [1.82, 2.24) is 19.6 Å². The number of urea groups is 1. The summed E-state index contributed by atoms with van der Waals surface area (Å²) < 4.78 is 0. The maximum absolute atomic E-state index is 13.3. The van der Waals surface area contributed by atoms with Gasteiger partial charge in [0, 0.05) is 67.3 Å². The molecule has 0 radical (unpaired) electrons. The molecule has 2 aromatic carbocycles. The number of likely N-dealkylation sites (tertiary alicyclic amines) is 1. The number of hydrogen-bond acceptors (Lipinski definition) is 6. The van der Waals surface area contributed by atoms with Gasteiger partial charge in [0.05, 0.1) is 28.7 Å². The van der Waals surface area contributed by atoms with Crippen molar-refractivity contribution >= 4 is 70.0 Å². The number of nitrogens with zero attached hydrogens (tertiary/aromatic N) is 5. The second kappa shape index (κ2) is 16.9. The number of carbonyl (C=O) groups excluding carboxylic acids is 2. The van der Waals surface area contributed by atoms with Gasteiger partial charge in [-0.05, 0) is 68.1 Å². The van der Waals surface area contributed by atoms with Gasteiger partial charge < -0.3 is 29.5 Å². The fourth-order valence-corrected chi connectivity index (χ4v) is 6.97. The molecule has 0 unspecified atom stereocenters. The average Bonchev–Trinajstić information content (AvgIpc) is 3.01. The molecule has 4 rings (SSSR count). The van der Waals surface area contributed by atoms with Crippen molar-refractivity contribution < 1.29 is 24.3 Å². The highest BCUT2D eigenvalue weighted by atomic mass is 35.5. The number of oxime groups is 1. The molecular formula is C32H39Cl4N5O5. The maximum Gasteiger partial charge on any atom is 0.320 e. The van der Waals surface area contributed by atoms with Crippen molar-refractivity contribution in [3.8, 4) is 0 Å². The molecule has 2 saturated heterocycles. The van der Waals surface area contributed by atoms with Crippen LogP contribution in [0.25, 0.3) is 0 Å². The Morgan fingerprint density at radius 3 is 2.33 bits per heavy atom. The summed E-state index contributed by atoms with van der Waals surface area (Å²) >= 11 is 25.0. The average molecular weight is 716 g/mol. The van der Waals surface area contributed by atoms with Crippen molar-refractivity contribution in [3.05, 3.63) is 67.6 Å². The molecule has 1 N–H and O–H groups in total. The van der Waals surface area contributed by atoms with Crippen LogP contribution in [0.5, 0.6) is 0 Å². The number of halogens is 4. The van der Waals surface area contributed by atoms with Crippen molar-refractivity contribution in [2.24, 2.45) is 5.16 Å². The molecule has 2 heterocycles. The third-order valence-corrected chi connectivity index (χ3v) is 9.66. The van der Waals surface area contributed by atoms with Gasteiger partial charge in [-0.2, -0.15) is 0 Å². The lowest BCUT2D eigenvalue weighted by Gasteiger charge is -2.43. The molecule has 0 spiro atoms. The van der Waals surface area contributed by atoms with E-state index in [1.165, 1.54) is 7.11 Å². The summed E-state index contributed by atoms with van der Waals surface area (Å²) in [5, 5.41) is 15.0. The zero-order valence-corrected chi connectivity index (χ0v) is 29.0. The van der Waals surface area contributed by atoms with Crippen molar-refractivity contribution in [2.45, 2.75) is 44.1 Å². The minimum atomic E-state index is -0.902. The Hall–Kier alpha value is -2.76. The van der Waals surface area contributed by atoms with E-state index in [-0.39, 0.29) is 43.4 Å². The fraction of sp³-hybridized carbons (Fsp3) is 0.500. The predicted octanol–water partition coefficient (Wildman–Crippen LogP) is 6.62. The summed E-state index contributed by atoms with van der Waals surface area (Å²) in [5.41, 5.74) is 1.90. The molecule has 14 heteroatoms.